The lowest BCUT2D eigenvalue weighted by molar-refractivity contribution is -0.116. The van der Waals surface area contributed by atoms with Gasteiger partial charge in [0.05, 0.1) is 6.54 Å². The highest BCUT2D eigenvalue weighted by molar-refractivity contribution is 7.89. The largest absolute Gasteiger partial charge is 0.325 e. The van der Waals surface area contributed by atoms with Crippen LogP contribution in [-0.2, 0) is 14.8 Å². The van der Waals surface area contributed by atoms with Gasteiger partial charge in [0.15, 0.2) is 17.5 Å². The predicted octanol–water partition coefficient (Wildman–Crippen LogP) is 3.45. The number of halogens is 3. The Balaban J connectivity index is 2.29. The number of benzene rings is 2. The van der Waals surface area contributed by atoms with E-state index in [1.807, 2.05) is 0 Å². The second-order valence-corrected chi connectivity index (χ2v) is 7.78. The fraction of sp³-hybridized carbons (Fsp3) is 0.278. The number of carbonyl (C=O) groups excluding carboxylic acids is 1. The zero-order valence-electron chi connectivity index (χ0n) is 14.8. The van der Waals surface area contributed by atoms with Crippen LogP contribution in [-0.4, -0.2) is 31.7 Å². The zero-order chi connectivity index (χ0) is 20.2. The van der Waals surface area contributed by atoms with Crippen LogP contribution in [0.5, 0.6) is 0 Å². The number of amides is 1. The highest BCUT2D eigenvalue weighted by Crippen LogP contribution is 2.23. The average Bonchev–Trinajstić information content (AvgIpc) is 2.61. The van der Waals surface area contributed by atoms with Gasteiger partial charge in [-0.25, -0.2) is 21.6 Å². The third-order valence-corrected chi connectivity index (χ3v) is 5.69. The van der Waals surface area contributed by atoms with E-state index in [2.05, 4.69) is 5.32 Å². The fourth-order valence-electron chi connectivity index (χ4n) is 2.44. The van der Waals surface area contributed by atoms with Gasteiger partial charge in [0, 0.05) is 12.2 Å². The first-order valence-corrected chi connectivity index (χ1v) is 9.61. The summed E-state index contributed by atoms with van der Waals surface area (Å²) in [6.45, 7) is 2.75. The lowest BCUT2D eigenvalue weighted by Crippen LogP contribution is -2.39. The molecule has 5 nitrogen and oxygen atoms in total. The molecule has 0 aliphatic heterocycles. The summed E-state index contributed by atoms with van der Waals surface area (Å²) in [7, 11) is -4.54. The molecule has 146 valence electrons. The summed E-state index contributed by atoms with van der Waals surface area (Å²) in [6, 6.07) is 8.09. The minimum absolute atomic E-state index is 0.0953. The van der Waals surface area contributed by atoms with Crippen LogP contribution in [0.25, 0.3) is 0 Å². The summed E-state index contributed by atoms with van der Waals surface area (Å²) in [6.07, 6.45) is 0.335. The van der Waals surface area contributed by atoms with E-state index in [0.717, 1.165) is 9.87 Å². The quantitative estimate of drug-likeness (QED) is 0.724. The number of para-hydroxylation sites is 1. The molecule has 0 heterocycles. The minimum Gasteiger partial charge on any atom is -0.325 e. The second-order valence-electron chi connectivity index (χ2n) is 5.88. The Morgan fingerprint density at radius 2 is 1.74 bits per heavy atom. The summed E-state index contributed by atoms with van der Waals surface area (Å²) in [5.41, 5.74) is 1.29. The van der Waals surface area contributed by atoms with E-state index in [1.54, 1.807) is 38.1 Å². The van der Waals surface area contributed by atoms with Crippen LogP contribution in [0.4, 0.5) is 18.9 Å². The topological polar surface area (TPSA) is 66.5 Å². The molecule has 1 N–H and O–H groups in total. The van der Waals surface area contributed by atoms with Gasteiger partial charge in [0.1, 0.15) is 4.90 Å². The van der Waals surface area contributed by atoms with Gasteiger partial charge in [0.25, 0.3) is 0 Å². The van der Waals surface area contributed by atoms with Crippen molar-refractivity contribution in [2.75, 3.05) is 18.4 Å². The van der Waals surface area contributed by atoms with Crippen LogP contribution in [0.15, 0.2) is 41.3 Å². The third-order valence-electron chi connectivity index (χ3n) is 3.83. The van der Waals surface area contributed by atoms with Crippen molar-refractivity contribution in [2.24, 2.45) is 0 Å². The van der Waals surface area contributed by atoms with Gasteiger partial charge in [-0.3, -0.25) is 4.79 Å². The van der Waals surface area contributed by atoms with E-state index >= 15 is 0 Å². The van der Waals surface area contributed by atoms with Gasteiger partial charge >= 0.3 is 0 Å². The Bertz CT molecular complexity index is 949. The number of hydrogen-bond donors (Lipinski definition) is 1. The van der Waals surface area contributed by atoms with Crippen molar-refractivity contribution in [3.63, 3.8) is 0 Å². The molecule has 0 atom stereocenters. The van der Waals surface area contributed by atoms with E-state index in [9.17, 15) is 26.4 Å². The zero-order valence-corrected chi connectivity index (χ0v) is 15.6. The van der Waals surface area contributed by atoms with E-state index in [4.69, 9.17) is 0 Å². The van der Waals surface area contributed by atoms with E-state index < -0.39 is 44.8 Å². The molecule has 2 aromatic carbocycles. The standard InChI is InChI=1S/C18H19F3N2O3S/c1-3-10-23(11-16(24)22-14-7-5-4-6-12(14)2)27(25,26)15-9-8-13(19)17(20)18(15)21/h4-9H,3,10-11H2,1-2H3,(H,22,24). The van der Waals surface area contributed by atoms with Crippen LogP contribution >= 0.6 is 0 Å². The summed E-state index contributed by atoms with van der Waals surface area (Å²) in [5, 5.41) is 2.58. The first kappa shape index (κ1) is 20.9. The SMILES string of the molecule is CCCN(CC(=O)Nc1ccccc1C)S(=O)(=O)c1ccc(F)c(F)c1F. The third kappa shape index (κ3) is 4.67. The highest BCUT2D eigenvalue weighted by atomic mass is 32.2. The van der Waals surface area contributed by atoms with Crippen molar-refractivity contribution in [1.29, 1.82) is 0 Å². The number of sulfonamides is 1. The number of aryl methyl sites for hydroxylation is 1. The summed E-state index contributed by atoms with van der Waals surface area (Å²) in [4.78, 5) is 11.3. The highest BCUT2D eigenvalue weighted by Gasteiger charge is 2.31. The number of carbonyl (C=O) groups is 1. The van der Waals surface area contributed by atoms with Crippen LogP contribution in [0.3, 0.4) is 0 Å². The van der Waals surface area contributed by atoms with Crippen molar-refractivity contribution in [3.05, 3.63) is 59.4 Å². The van der Waals surface area contributed by atoms with Crippen molar-refractivity contribution in [3.8, 4) is 0 Å². The molecular formula is C18H19F3N2O3S. The minimum atomic E-state index is -4.54. The van der Waals surface area contributed by atoms with Crippen LogP contribution in [0.1, 0.15) is 18.9 Å². The second kappa shape index (κ2) is 8.53. The molecule has 0 saturated heterocycles. The van der Waals surface area contributed by atoms with Crippen LogP contribution in [0.2, 0.25) is 0 Å². The molecule has 0 saturated carbocycles. The number of nitrogens with zero attached hydrogens (tertiary/aromatic N) is 1. The van der Waals surface area contributed by atoms with Crippen molar-refractivity contribution in [2.45, 2.75) is 25.2 Å². The van der Waals surface area contributed by atoms with Gasteiger partial charge in [-0.05, 0) is 37.1 Å². The predicted molar refractivity (Wildman–Crippen MR) is 95.2 cm³/mol. The molecule has 0 aliphatic rings. The molecule has 27 heavy (non-hydrogen) atoms. The molecule has 0 aliphatic carbocycles. The van der Waals surface area contributed by atoms with Gasteiger partial charge in [-0.15, -0.1) is 0 Å². The first-order valence-electron chi connectivity index (χ1n) is 8.17. The number of rotatable bonds is 7. The molecule has 0 bridgehead atoms. The monoisotopic (exact) mass is 400 g/mol. The maximum Gasteiger partial charge on any atom is 0.246 e. The Morgan fingerprint density at radius 3 is 2.37 bits per heavy atom. The molecule has 2 aromatic rings. The van der Waals surface area contributed by atoms with Crippen LogP contribution < -0.4 is 5.32 Å². The maximum absolute atomic E-state index is 14.0. The van der Waals surface area contributed by atoms with Gasteiger partial charge in [-0.1, -0.05) is 25.1 Å². The number of nitrogens with one attached hydrogen (secondary N) is 1. The van der Waals surface area contributed by atoms with E-state index in [1.165, 1.54) is 0 Å². The molecule has 0 unspecified atom stereocenters. The maximum atomic E-state index is 14.0. The Morgan fingerprint density at radius 1 is 1.07 bits per heavy atom. The molecule has 0 fully saturated rings. The molecule has 0 aromatic heterocycles. The molecule has 0 spiro atoms. The number of hydrogen-bond acceptors (Lipinski definition) is 3. The Hall–Kier alpha value is -2.39. The van der Waals surface area contributed by atoms with E-state index in [-0.39, 0.29) is 6.54 Å². The average molecular weight is 400 g/mol. The fourth-order valence-corrected chi connectivity index (χ4v) is 3.99. The van der Waals surface area contributed by atoms with E-state index in [0.29, 0.717) is 24.2 Å². The van der Waals surface area contributed by atoms with Crippen molar-refractivity contribution in [1.82, 2.24) is 4.31 Å². The Labute approximate surface area is 155 Å². The first-order chi connectivity index (χ1) is 12.7. The molecule has 2 rings (SSSR count). The van der Waals surface area contributed by atoms with Gasteiger partial charge < -0.3 is 5.32 Å². The van der Waals surface area contributed by atoms with Crippen molar-refractivity contribution >= 4 is 21.6 Å². The number of anilines is 1. The molecular weight excluding hydrogens is 381 g/mol. The van der Waals surface area contributed by atoms with Gasteiger partial charge in [-0.2, -0.15) is 4.31 Å². The van der Waals surface area contributed by atoms with Crippen molar-refractivity contribution < 1.29 is 26.4 Å². The molecule has 0 radical (unpaired) electrons. The van der Waals surface area contributed by atoms with Crippen LogP contribution in [0, 0.1) is 24.4 Å². The molecule has 9 heteroatoms. The lowest BCUT2D eigenvalue weighted by atomic mass is 10.2. The Kier molecular flexibility index (Phi) is 6.61. The molecule has 1 amide bonds. The summed E-state index contributed by atoms with van der Waals surface area (Å²) in [5.74, 6) is -5.82. The van der Waals surface area contributed by atoms with Gasteiger partial charge in [0.2, 0.25) is 15.9 Å². The smallest absolute Gasteiger partial charge is 0.246 e. The summed E-state index contributed by atoms with van der Waals surface area (Å²) < 4.78 is 66.6. The normalized spacial score (nSPS) is 11.6. The lowest BCUT2D eigenvalue weighted by Gasteiger charge is -2.22. The summed E-state index contributed by atoms with van der Waals surface area (Å²) >= 11 is 0.